The third-order valence-corrected chi connectivity index (χ3v) is 3.41. The van der Waals surface area contributed by atoms with Crippen molar-refractivity contribution in [2.24, 2.45) is 0 Å². The SMILES string of the molecule is Cc1ccc(/C=C(\C#N)CCc2ccc(Cl)cc2)cc1. The molecule has 20 heavy (non-hydrogen) atoms. The van der Waals surface area contributed by atoms with Gasteiger partial charge < -0.3 is 0 Å². The first-order valence-electron chi connectivity index (χ1n) is 6.59. The molecule has 0 saturated heterocycles. The third-order valence-electron chi connectivity index (χ3n) is 3.16. The van der Waals surface area contributed by atoms with Crippen molar-refractivity contribution in [3.63, 3.8) is 0 Å². The molecule has 0 atom stereocenters. The minimum Gasteiger partial charge on any atom is -0.193 e. The van der Waals surface area contributed by atoms with E-state index in [4.69, 9.17) is 11.6 Å². The standard InChI is InChI=1S/C18H16ClN/c1-14-2-4-16(5-3-14)12-17(13-20)7-6-15-8-10-18(19)11-9-15/h2-5,8-12H,6-7H2,1H3/b17-12-. The molecular weight excluding hydrogens is 266 g/mol. The van der Waals surface area contributed by atoms with Crippen molar-refractivity contribution in [2.75, 3.05) is 0 Å². The predicted octanol–water partition coefficient (Wildman–Crippen LogP) is 5.19. The van der Waals surface area contributed by atoms with Gasteiger partial charge in [-0.3, -0.25) is 0 Å². The molecule has 0 spiro atoms. The quantitative estimate of drug-likeness (QED) is 0.708. The number of aryl methyl sites for hydroxylation is 2. The monoisotopic (exact) mass is 281 g/mol. The van der Waals surface area contributed by atoms with Crippen LogP contribution in [0.2, 0.25) is 5.02 Å². The highest BCUT2D eigenvalue weighted by Gasteiger charge is 1.99. The van der Waals surface area contributed by atoms with Crippen LogP contribution in [0.4, 0.5) is 0 Å². The fourth-order valence-electron chi connectivity index (χ4n) is 1.95. The molecule has 0 saturated carbocycles. The van der Waals surface area contributed by atoms with E-state index in [-0.39, 0.29) is 0 Å². The van der Waals surface area contributed by atoms with Crippen LogP contribution < -0.4 is 0 Å². The fraction of sp³-hybridized carbons (Fsp3) is 0.167. The van der Waals surface area contributed by atoms with Crippen molar-refractivity contribution >= 4 is 17.7 Å². The van der Waals surface area contributed by atoms with Gasteiger partial charge in [-0.1, -0.05) is 53.6 Å². The molecule has 0 aliphatic rings. The fourth-order valence-corrected chi connectivity index (χ4v) is 2.08. The number of nitriles is 1. The second-order valence-electron chi connectivity index (χ2n) is 4.82. The molecule has 0 aliphatic carbocycles. The van der Waals surface area contributed by atoms with E-state index in [0.29, 0.717) is 0 Å². The maximum absolute atomic E-state index is 9.22. The lowest BCUT2D eigenvalue weighted by Gasteiger charge is -2.02. The van der Waals surface area contributed by atoms with Crippen molar-refractivity contribution in [2.45, 2.75) is 19.8 Å². The van der Waals surface area contributed by atoms with Gasteiger partial charge in [-0.2, -0.15) is 5.26 Å². The molecule has 0 fully saturated rings. The minimum atomic E-state index is 0.740. The van der Waals surface area contributed by atoms with E-state index >= 15 is 0 Å². The van der Waals surface area contributed by atoms with Crippen LogP contribution in [-0.4, -0.2) is 0 Å². The average molecular weight is 282 g/mol. The lowest BCUT2D eigenvalue weighted by atomic mass is 10.0. The molecule has 0 N–H and O–H groups in total. The second kappa shape index (κ2) is 6.93. The Kier molecular flexibility index (Phi) is 4.98. The maximum Gasteiger partial charge on any atom is 0.0947 e. The molecule has 0 heterocycles. The number of nitrogens with zero attached hydrogens (tertiary/aromatic N) is 1. The van der Waals surface area contributed by atoms with Crippen molar-refractivity contribution in [1.82, 2.24) is 0 Å². The first-order chi connectivity index (χ1) is 9.67. The van der Waals surface area contributed by atoms with Crippen LogP contribution in [0.3, 0.4) is 0 Å². The zero-order chi connectivity index (χ0) is 14.4. The van der Waals surface area contributed by atoms with E-state index < -0.39 is 0 Å². The van der Waals surface area contributed by atoms with Gasteiger partial charge in [0, 0.05) is 10.6 Å². The molecule has 0 unspecified atom stereocenters. The van der Waals surface area contributed by atoms with E-state index in [1.54, 1.807) is 0 Å². The van der Waals surface area contributed by atoms with Gasteiger partial charge in [0.25, 0.3) is 0 Å². The summed E-state index contributed by atoms with van der Waals surface area (Å²) < 4.78 is 0. The number of hydrogen-bond donors (Lipinski definition) is 0. The molecule has 2 aromatic carbocycles. The normalized spacial score (nSPS) is 11.2. The topological polar surface area (TPSA) is 23.8 Å². The molecule has 2 rings (SSSR count). The summed E-state index contributed by atoms with van der Waals surface area (Å²) >= 11 is 5.86. The molecule has 0 bridgehead atoms. The van der Waals surface area contributed by atoms with Crippen molar-refractivity contribution in [1.29, 1.82) is 5.26 Å². The minimum absolute atomic E-state index is 0.740. The predicted molar refractivity (Wildman–Crippen MR) is 84.5 cm³/mol. The van der Waals surface area contributed by atoms with E-state index in [2.05, 4.69) is 25.1 Å². The summed E-state index contributed by atoms with van der Waals surface area (Å²) in [7, 11) is 0. The lowest BCUT2D eigenvalue weighted by Crippen LogP contribution is -1.88. The summed E-state index contributed by atoms with van der Waals surface area (Å²) in [4.78, 5) is 0. The summed E-state index contributed by atoms with van der Waals surface area (Å²) in [5, 5.41) is 9.96. The van der Waals surface area contributed by atoms with Crippen molar-refractivity contribution in [3.8, 4) is 6.07 Å². The number of benzene rings is 2. The van der Waals surface area contributed by atoms with Gasteiger partial charge in [0.2, 0.25) is 0 Å². The molecule has 0 aliphatic heterocycles. The Balaban J connectivity index is 2.04. The molecule has 0 radical (unpaired) electrons. The third kappa shape index (κ3) is 4.26. The summed E-state index contributed by atoms with van der Waals surface area (Å²) in [5.41, 5.74) is 4.29. The van der Waals surface area contributed by atoms with E-state index in [0.717, 1.165) is 29.0 Å². The number of allylic oxidation sites excluding steroid dienone is 1. The van der Waals surface area contributed by atoms with Crippen LogP contribution in [-0.2, 0) is 6.42 Å². The maximum atomic E-state index is 9.22. The Morgan fingerprint density at radius 1 is 1.10 bits per heavy atom. The first kappa shape index (κ1) is 14.4. The zero-order valence-electron chi connectivity index (χ0n) is 11.4. The average Bonchev–Trinajstić information content (AvgIpc) is 2.47. The van der Waals surface area contributed by atoms with Crippen molar-refractivity contribution in [3.05, 3.63) is 75.8 Å². The molecular formula is C18H16ClN. The van der Waals surface area contributed by atoms with Gasteiger partial charge in [-0.05, 0) is 49.1 Å². The molecule has 2 heteroatoms. The molecule has 100 valence electrons. The van der Waals surface area contributed by atoms with Crippen LogP contribution in [0.25, 0.3) is 6.08 Å². The van der Waals surface area contributed by atoms with Gasteiger partial charge in [-0.15, -0.1) is 0 Å². The zero-order valence-corrected chi connectivity index (χ0v) is 12.2. The summed E-state index contributed by atoms with van der Waals surface area (Å²) in [6.45, 7) is 2.05. The molecule has 0 aromatic heterocycles. The lowest BCUT2D eigenvalue weighted by molar-refractivity contribution is 0.974. The Labute approximate surface area is 125 Å². The highest BCUT2D eigenvalue weighted by molar-refractivity contribution is 6.30. The van der Waals surface area contributed by atoms with Crippen LogP contribution in [0, 0.1) is 18.3 Å². The van der Waals surface area contributed by atoms with Crippen LogP contribution in [0.15, 0.2) is 54.1 Å². The largest absolute Gasteiger partial charge is 0.193 e. The molecule has 2 aromatic rings. The Morgan fingerprint density at radius 3 is 2.35 bits per heavy atom. The van der Waals surface area contributed by atoms with Gasteiger partial charge in [0.1, 0.15) is 0 Å². The van der Waals surface area contributed by atoms with Gasteiger partial charge in [0.05, 0.1) is 6.07 Å². The van der Waals surface area contributed by atoms with Crippen molar-refractivity contribution < 1.29 is 0 Å². The summed E-state index contributed by atoms with van der Waals surface area (Å²) in [5.74, 6) is 0. The highest BCUT2D eigenvalue weighted by Crippen LogP contribution is 2.15. The van der Waals surface area contributed by atoms with Crippen LogP contribution in [0.5, 0.6) is 0 Å². The molecule has 1 nitrogen and oxygen atoms in total. The van der Waals surface area contributed by atoms with Crippen LogP contribution >= 0.6 is 11.6 Å². The van der Waals surface area contributed by atoms with Gasteiger partial charge in [-0.25, -0.2) is 0 Å². The van der Waals surface area contributed by atoms with E-state index in [1.807, 2.05) is 42.5 Å². The number of hydrogen-bond acceptors (Lipinski definition) is 1. The van der Waals surface area contributed by atoms with Gasteiger partial charge in [0.15, 0.2) is 0 Å². The molecule has 0 amide bonds. The Bertz CT molecular complexity index is 631. The van der Waals surface area contributed by atoms with Crippen LogP contribution in [0.1, 0.15) is 23.1 Å². The number of halogens is 1. The smallest absolute Gasteiger partial charge is 0.0947 e. The summed E-state index contributed by atoms with van der Waals surface area (Å²) in [6, 6.07) is 18.2. The van der Waals surface area contributed by atoms with E-state index in [9.17, 15) is 5.26 Å². The summed E-state index contributed by atoms with van der Waals surface area (Å²) in [6.07, 6.45) is 3.55. The Hall–Kier alpha value is -2.04. The van der Waals surface area contributed by atoms with E-state index in [1.165, 1.54) is 11.1 Å². The highest BCUT2D eigenvalue weighted by atomic mass is 35.5. The second-order valence-corrected chi connectivity index (χ2v) is 5.25. The van der Waals surface area contributed by atoms with Gasteiger partial charge >= 0.3 is 0 Å². The first-order valence-corrected chi connectivity index (χ1v) is 6.97. The number of rotatable bonds is 4. The Morgan fingerprint density at radius 2 is 1.75 bits per heavy atom.